The molecule has 2 rings (SSSR count). The van der Waals surface area contributed by atoms with Crippen LogP contribution in [0.4, 0.5) is 11.4 Å². The second-order valence-corrected chi connectivity index (χ2v) is 7.31. The number of hydrogen-bond donors (Lipinski definition) is 2. The monoisotopic (exact) mass is 386 g/mol. The Labute approximate surface area is 164 Å². The molecule has 0 atom stereocenters. The average molecular weight is 387 g/mol. The molecule has 2 aromatic carbocycles. The van der Waals surface area contributed by atoms with Crippen LogP contribution in [0.2, 0.25) is 0 Å². The van der Waals surface area contributed by atoms with E-state index in [-0.39, 0.29) is 23.3 Å². The Morgan fingerprint density at radius 2 is 1.37 bits per heavy atom. The maximum atomic E-state index is 12.0. The van der Waals surface area contributed by atoms with Crippen LogP contribution in [0, 0.1) is 0 Å². The van der Waals surface area contributed by atoms with Crippen molar-refractivity contribution in [2.24, 2.45) is 0 Å². The van der Waals surface area contributed by atoms with Gasteiger partial charge in [0.1, 0.15) is 5.75 Å². The van der Waals surface area contributed by atoms with E-state index < -0.39 is 0 Å². The molecule has 2 aromatic rings. The summed E-state index contributed by atoms with van der Waals surface area (Å²) in [7, 11) is 0. The second kappa shape index (κ2) is 10.6. The van der Waals surface area contributed by atoms with E-state index in [1.807, 2.05) is 43.3 Å². The first-order valence-corrected chi connectivity index (χ1v) is 10.1. The topological polar surface area (TPSA) is 67.4 Å². The fourth-order valence-corrected chi connectivity index (χ4v) is 3.00. The van der Waals surface area contributed by atoms with Gasteiger partial charge in [0.2, 0.25) is 11.8 Å². The summed E-state index contributed by atoms with van der Waals surface area (Å²) in [5.41, 5.74) is 2.70. The number of nitrogens with one attached hydrogen (secondary N) is 2. The first-order chi connectivity index (χ1) is 13.0. The van der Waals surface area contributed by atoms with E-state index in [9.17, 15) is 9.59 Å². The highest BCUT2D eigenvalue weighted by Crippen LogP contribution is 2.18. The maximum absolute atomic E-state index is 12.0. The van der Waals surface area contributed by atoms with Crippen LogP contribution in [0.15, 0.2) is 48.5 Å². The second-order valence-electron chi connectivity index (χ2n) is 6.32. The lowest BCUT2D eigenvalue weighted by Gasteiger charge is -2.09. The average Bonchev–Trinajstić information content (AvgIpc) is 2.64. The van der Waals surface area contributed by atoms with Gasteiger partial charge in [0.25, 0.3) is 0 Å². The molecule has 0 heterocycles. The van der Waals surface area contributed by atoms with Gasteiger partial charge in [-0.05, 0) is 54.8 Å². The molecule has 0 saturated carbocycles. The molecular formula is C21H26N2O3S. The highest BCUT2D eigenvalue weighted by Gasteiger charge is 2.07. The third kappa shape index (κ3) is 7.35. The van der Waals surface area contributed by atoms with Gasteiger partial charge in [0.05, 0.1) is 18.1 Å². The molecule has 0 aliphatic carbocycles. The number of anilines is 2. The van der Waals surface area contributed by atoms with Gasteiger partial charge in [0.15, 0.2) is 0 Å². The predicted octanol–water partition coefficient (Wildman–Crippen LogP) is 4.52. The highest BCUT2D eigenvalue weighted by molar-refractivity contribution is 8.00. The number of benzene rings is 2. The van der Waals surface area contributed by atoms with Gasteiger partial charge in [-0.15, -0.1) is 11.8 Å². The Bertz CT molecular complexity index is 743. The number of thioether (sulfide) groups is 1. The van der Waals surface area contributed by atoms with E-state index in [4.69, 9.17) is 4.74 Å². The minimum absolute atomic E-state index is 0.119. The Morgan fingerprint density at radius 1 is 0.889 bits per heavy atom. The van der Waals surface area contributed by atoms with Crippen molar-refractivity contribution in [3.63, 3.8) is 0 Å². The summed E-state index contributed by atoms with van der Waals surface area (Å²) in [5.74, 6) is 1.40. The van der Waals surface area contributed by atoms with E-state index >= 15 is 0 Å². The minimum Gasteiger partial charge on any atom is -0.494 e. The van der Waals surface area contributed by atoms with E-state index in [0.29, 0.717) is 18.2 Å². The van der Waals surface area contributed by atoms with Crippen molar-refractivity contribution in [1.82, 2.24) is 0 Å². The fraction of sp³-hybridized carbons (Fsp3) is 0.333. The van der Waals surface area contributed by atoms with Crippen molar-refractivity contribution >= 4 is 35.0 Å². The van der Waals surface area contributed by atoms with Crippen LogP contribution in [-0.4, -0.2) is 29.9 Å². The number of rotatable bonds is 9. The van der Waals surface area contributed by atoms with Gasteiger partial charge in [-0.3, -0.25) is 9.59 Å². The first-order valence-electron chi connectivity index (χ1n) is 8.98. The van der Waals surface area contributed by atoms with Gasteiger partial charge in [-0.1, -0.05) is 26.0 Å². The molecule has 0 spiro atoms. The van der Waals surface area contributed by atoms with Crippen molar-refractivity contribution in [2.75, 3.05) is 28.7 Å². The van der Waals surface area contributed by atoms with Crippen LogP contribution < -0.4 is 15.4 Å². The SMILES string of the molecule is CCOc1ccc(NC(=O)CSCC(=O)Nc2ccc(C(C)C)cc2)cc1. The number of amides is 2. The van der Waals surface area contributed by atoms with Crippen molar-refractivity contribution in [3.05, 3.63) is 54.1 Å². The molecule has 0 saturated heterocycles. The Hall–Kier alpha value is -2.47. The quantitative estimate of drug-likeness (QED) is 0.665. The standard InChI is InChI=1S/C21H26N2O3S/c1-4-26-19-11-9-18(10-12-19)23-21(25)14-27-13-20(24)22-17-7-5-16(6-8-17)15(2)3/h5-12,15H,4,13-14H2,1-3H3,(H,22,24)(H,23,25). The van der Waals surface area contributed by atoms with E-state index in [2.05, 4.69) is 24.5 Å². The zero-order valence-electron chi connectivity index (χ0n) is 16.0. The molecule has 0 aliphatic heterocycles. The summed E-state index contributed by atoms with van der Waals surface area (Å²) in [6.07, 6.45) is 0. The fourth-order valence-electron chi connectivity index (χ4n) is 2.38. The minimum atomic E-state index is -0.141. The number of ether oxygens (including phenoxy) is 1. The van der Waals surface area contributed by atoms with Crippen molar-refractivity contribution in [3.8, 4) is 5.75 Å². The maximum Gasteiger partial charge on any atom is 0.234 e. The van der Waals surface area contributed by atoms with E-state index in [1.165, 1.54) is 17.3 Å². The molecule has 0 fully saturated rings. The molecular weight excluding hydrogens is 360 g/mol. The lowest BCUT2D eigenvalue weighted by Crippen LogP contribution is -2.18. The summed E-state index contributed by atoms with van der Waals surface area (Å²) in [6, 6.07) is 15.0. The molecule has 0 unspecified atom stereocenters. The number of carbonyl (C=O) groups is 2. The Balaban J connectivity index is 1.70. The van der Waals surface area contributed by atoms with Crippen LogP contribution in [-0.2, 0) is 9.59 Å². The smallest absolute Gasteiger partial charge is 0.234 e. The molecule has 0 aliphatic rings. The van der Waals surface area contributed by atoms with Gasteiger partial charge >= 0.3 is 0 Å². The first kappa shape index (κ1) is 20.8. The summed E-state index contributed by atoms with van der Waals surface area (Å²) in [4.78, 5) is 24.0. The van der Waals surface area contributed by atoms with Crippen LogP contribution in [0.25, 0.3) is 0 Å². The summed E-state index contributed by atoms with van der Waals surface area (Å²) in [6.45, 7) is 6.78. The molecule has 5 nitrogen and oxygen atoms in total. The molecule has 0 radical (unpaired) electrons. The van der Waals surface area contributed by atoms with Crippen molar-refractivity contribution < 1.29 is 14.3 Å². The summed E-state index contributed by atoms with van der Waals surface area (Å²) in [5, 5.41) is 5.65. The van der Waals surface area contributed by atoms with Crippen molar-refractivity contribution in [2.45, 2.75) is 26.7 Å². The van der Waals surface area contributed by atoms with Gasteiger partial charge in [0, 0.05) is 11.4 Å². The van der Waals surface area contributed by atoms with Gasteiger partial charge < -0.3 is 15.4 Å². The molecule has 2 N–H and O–H groups in total. The number of carbonyl (C=O) groups excluding carboxylic acids is 2. The molecule has 0 bridgehead atoms. The predicted molar refractivity (Wildman–Crippen MR) is 113 cm³/mol. The zero-order valence-corrected chi connectivity index (χ0v) is 16.8. The number of hydrogen-bond acceptors (Lipinski definition) is 4. The highest BCUT2D eigenvalue weighted by atomic mass is 32.2. The van der Waals surface area contributed by atoms with Crippen molar-refractivity contribution in [1.29, 1.82) is 0 Å². The zero-order chi connectivity index (χ0) is 19.6. The Morgan fingerprint density at radius 3 is 1.81 bits per heavy atom. The molecule has 27 heavy (non-hydrogen) atoms. The van der Waals surface area contributed by atoms with Crippen LogP contribution >= 0.6 is 11.8 Å². The lowest BCUT2D eigenvalue weighted by molar-refractivity contribution is -0.114. The molecule has 2 amide bonds. The van der Waals surface area contributed by atoms with E-state index in [0.717, 1.165) is 11.4 Å². The lowest BCUT2D eigenvalue weighted by atomic mass is 10.0. The molecule has 144 valence electrons. The third-order valence-corrected chi connectivity index (χ3v) is 4.71. The van der Waals surface area contributed by atoms with Crippen LogP contribution in [0.3, 0.4) is 0 Å². The summed E-state index contributed by atoms with van der Waals surface area (Å²) < 4.78 is 5.36. The Kier molecular flexibility index (Phi) is 8.20. The normalized spacial score (nSPS) is 10.5. The largest absolute Gasteiger partial charge is 0.494 e. The van der Waals surface area contributed by atoms with Gasteiger partial charge in [-0.25, -0.2) is 0 Å². The van der Waals surface area contributed by atoms with Gasteiger partial charge in [-0.2, -0.15) is 0 Å². The third-order valence-electron chi connectivity index (χ3n) is 3.78. The van der Waals surface area contributed by atoms with Crippen LogP contribution in [0.5, 0.6) is 5.75 Å². The summed E-state index contributed by atoms with van der Waals surface area (Å²) >= 11 is 1.28. The van der Waals surface area contributed by atoms with E-state index in [1.54, 1.807) is 12.1 Å². The molecule has 6 heteroatoms. The molecule has 0 aromatic heterocycles. The van der Waals surface area contributed by atoms with Crippen LogP contribution in [0.1, 0.15) is 32.3 Å².